The molecule has 5 heteroatoms. The monoisotopic (exact) mass is 349 g/mol. The molecule has 0 aromatic heterocycles. The van der Waals surface area contributed by atoms with Gasteiger partial charge in [-0.3, -0.25) is 9.69 Å². The normalized spacial score (nSPS) is 23.2. The number of rotatable bonds is 5. The Morgan fingerprint density at radius 3 is 2.46 bits per heavy atom. The molecule has 2 rings (SSSR count). The Bertz CT molecular complexity index is 553. The number of carboxylic acid groups (broad SMARTS) is 1. The topological polar surface area (TPSA) is 49.8 Å². The van der Waals surface area contributed by atoms with Gasteiger partial charge in [-0.2, -0.15) is 0 Å². The van der Waals surface area contributed by atoms with Gasteiger partial charge in [0, 0.05) is 19.6 Å². The molecule has 1 N–H and O–H groups in total. The van der Waals surface area contributed by atoms with Crippen LogP contribution in [0.2, 0.25) is 18.1 Å². The zero-order valence-electron chi connectivity index (χ0n) is 15.6. The molecule has 24 heavy (non-hydrogen) atoms. The molecule has 1 heterocycles. The van der Waals surface area contributed by atoms with Crippen LogP contribution in [0.4, 0.5) is 0 Å². The molecule has 0 aliphatic carbocycles. The second-order valence-electron chi connectivity index (χ2n) is 8.37. The predicted molar refractivity (Wildman–Crippen MR) is 99.5 cm³/mol. The van der Waals surface area contributed by atoms with Crippen molar-refractivity contribution in [3.8, 4) is 0 Å². The Balaban J connectivity index is 2.05. The van der Waals surface area contributed by atoms with E-state index in [9.17, 15) is 9.90 Å². The number of nitrogens with zero attached hydrogens (tertiary/aromatic N) is 1. The Hall–Kier alpha value is -1.17. The van der Waals surface area contributed by atoms with Gasteiger partial charge in [-0.1, -0.05) is 51.1 Å². The predicted octanol–water partition coefficient (Wildman–Crippen LogP) is 3.98. The molecule has 1 aromatic rings. The van der Waals surface area contributed by atoms with Gasteiger partial charge in [0.1, 0.15) is 0 Å². The zero-order chi connectivity index (χ0) is 18.0. The van der Waals surface area contributed by atoms with Crippen molar-refractivity contribution in [2.45, 2.75) is 58.0 Å². The summed E-state index contributed by atoms with van der Waals surface area (Å²) in [5.41, 5.74) is 1.23. The molecule has 1 unspecified atom stereocenters. The van der Waals surface area contributed by atoms with Crippen LogP contribution in [-0.4, -0.2) is 43.5 Å². The van der Waals surface area contributed by atoms with Crippen molar-refractivity contribution in [3.05, 3.63) is 35.9 Å². The van der Waals surface area contributed by atoms with Gasteiger partial charge in [0.15, 0.2) is 8.32 Å². The number of hydrogen-bond donors (Lipinski definition) is 1. The first-order chi connectivity index (χ1) is 11.1. The van der Waals surface area contributed by atoms with Crippen molar-refractivity contribution in [3.63, 3.8) is 0 Å². The molecule has 0 spiro atoms. The lowest BCUT2D eigenvalue weighted by molar-refractivity contribution is -0.148. The zero-order valence-corrected chi connectivity index (χ0v) is 16.6. The summed E-state index contributed by atoms with van der Waals surface area (Å²) in [6.07, 6.45) is 0.617. The Kier molecular flexibility index (Phi) is 5.89. The summed E-state index contributed by atoms with van der Waals surface area (Å²) in [5.74, 6) is -1.19. The lowest BCUT2D eigenvalue weighted by Crippen LogP contribution is -2.53. The van der Waals surface area contributed by atoms with E-state index < -0.39 is 20.2 Å². The first-order valence-corrected chi connectivity index (χ1v) is 11.7. The minimum atomic E-state index is -1.96. The van der Waals surface area contributed by atoms with E-state index in [1.807, 2.05) is 18.2 Å². The first-order valence-electron chi connectivity index (χ1n) is 8.77. The van der Waals surface area contributed by atoms with Crippen molar-refractivity contribution < 1.29 is 14.3 Å². The van der Waals surface area contributed by atoms with E-state index in [1.54, 1.807) is 0 Å². The van der Waals surface area contributed by atoms with E-state index >= 15 is 0 Å². The van der Waals surface area contributed by atoms with E-state index in [-0.39, 0.29) is 11.1 Å². The van der Waals surface area contributed by atoms with Gasteiger partial charge in [-0.05, 0) is 30.1 Å². The third-order valence-electron chi connectivity index (χ3n) is 5.45. The Morgan fingerprint density at radius 1 is 1.29 bits per heavy atom. The highest BCUT2D eigenvalue weighted by atomic mass is 28.4. The summed E-state index contributed by atoms with van der Waals surface area (Å²) >= 11 is 0. The van der Waals surface area contributed by atoms with Crippen LogP contribution in [0.3, 0.4) is 0 Å². The smallest absolute Gasteiger partial charge is 0.310 e. The van der Waals surface area contributed by atoms with Crippen molar-refractivity contribution >= 4 is 14.3 Å². The second kappa shape index (κ2) is 7.38. The molecule has 0 amide bonds. The lowest BCUT2D eigenvalue weighted by atomic mass is 9.94. The molecule has 2 atom stereocenters. The van der Waals surface area contributed by atoms with Gasteiger partial charge >= 0.3 is 5.97 Å². The molecular weight excluding hydrogens is 318 g/mol. The third kappa shape index (κ3) is 4.68. The standard InChI is InChI=1S/C19H31NO3Si/c1-19(2,3)24(4,5)23-17-11-12-20(14-16(17)18(21)22)13-15-9-7-6-8-10-15/h6-10,16-17H,11-14H2,1-5H3,(H,21,22)/t16-,17?/m1/s1. The van der Waals surface area contributed by atoms with Gasteiger partial charge in [-0.25, -0.2) is 0 Å². The molecule has 1 saturated heterocycles. The van der Waals surface area contributed by atoms with Crippen LogP contribution >= 0.6 is 0 Å². The average Bonchev–Trinajstić information content (AvgIpc) is 2.48. The number of benzene rings is 1. The number of piperidine rings is 1. The van der Waals surface area contributed by atoms with Crippen LogP contribution in [0.25, 0.3) is 0 Å². The summed E-state index contributed by atoms with van der Waals surface area (Å²) in [5, 5.41) is 9.80. The fourth-order valence-corrected chi connectivity index (χ4v) is 4.31. The molecule has 1 aliphatic rings. The minimum absolute atomic E-state index is 0.0945. The van der Waals surface area contributed by atoms with Crippen LogP contribution < -0.4 is 0 Å². The molecule has 134 valence electrons. The molecule has 0 radical (unpaired) electrons. The van der Waals surface area contributed by atoms with Crippen molar-refractivity contribution in [2.75, 3.05) is 13.1 Å². The van der Waals surface area contributed by atoms with E-state index in [0.29, 0.717) is 6.54 Å². The van der Waals surface area contributed by atoms with Gasteiger partial charge in [0.05, 0.1) is 12.0 Å². The van der Waals surface area contributed by atoms with Gasteiger partial charge in [0.25, 0.3) is 0 Å². The number of carboxylic acids is 1. The van der Waals surface area contributed by atoms with E-state index in [1.165, 1.54) is 5.56 Å². The van der Waals surface area contributed by atoms with Crippen LogP contribution in [0.15, 0.2) is 30.3 Å². The first kappa shape index (κ1) is 19.2. The summed E-state index contributed by atoms with van der Waals surface area (Å²) in [6, 6.07) is 10.2. The summed E-state index contributed by atoms with van der Waals surface area (Å²) in [4.78, 5) is 14.0. The van der Waals surface area contributed by atoms with E-state index in [0.717, 1.165) is 19.5 Å². The highest BCUT2D eigenvalue weighted by Crippen LogP contribution is 2.39. The largest absolute Gasteiger partial charge is 0.481 e. The molecule has 1 aromatic carbocycles. The van der Waals surface area contributed by atoms with Crippen molar-refractivity contribution in [1.82, 2.24) is 4.90 Å². The fourth-order valence-electron chi connectivity index (χ4n) is 2.92. The van der Waals surface area contributed by atoms with Gasteiger partial charge in [-0.15, -0.1) is 0 Å². The highest BCUT2D eigenvalue weighted by Gasteiger charge is 2.43. The lowest BCUT2D eigenvalue weighted by Gasteiger charge is -2.44. The molecule has 0 saturated carbocycles. The van der Waals surface area contributed by atoms with E-state index in [4.69, 9.17) is 4.43 Å². The Labute approximate surface area is 147 Å². The average molecular weight is 350 g/mol. The maximum absolute atomic E-state index is 11.8. The van der Waals surface area contributed by atoms with Crippen LogP contribution in [0, 0.1) is 5.92 Å². The number of likely N-dealkylation sites (tertiary alicyclic amines) is 1. The number of aliphatic carboxylic acids is 1. The molecular formula is C19H31NO3Si. The Morgan fingerprint density at radius 2 is 1.92 bits per heavy atom. The molecule has 1 aliphatic heterocycles. The SMILES string of the molecule is CC(C)(C)[Si](C)(C)OC1CCN(Cc2ccccc2)C[C@H]1C(=O)O. The third-order valence-corrected chi connectivity index (χ3v) is 9.96. The molecule has 1 fully saturated rings. The van der Waals surface area contributed by atoms with Crippen LogP contribution in [0.5, 0.6) is 0 Å². The second-order valence-corrected chi connectivity index (χ2v) is 13.1. The van der Waals surface area contributed by atoms with Gasteiger partial charge in [0.2, 0.25) is 0 Å². The fraction of sp³-hybridized carbons (Fsp3) is 0.632. The van der Waals surface area contributed by atoms with E-state index in [2.05, 4.69) is 50.9 Å². The number of carbonyl (C=O) groups is 1. The quantitative estimate of drug-likeness (QED) is 0.817. The minimum Gasteiger partial charge on any atom is -0.481 e. The molecule has 4 nitrogen and oxygen atoms in total. The summed E-state index contributed by atoms with van der Waals surface area (Å²) in [7, 11) is -1.96. The highest BCUT2D eigenvalue weighted by molar-refractivity contribution is 6.74. The number of hydrogen-bond acceptors (Lipinski definition) is 3. The summed E-state index contributed by atoms with van der Waals surface area (Å²) < 4.78 is 6.45. The van der Waals surface area contributed by atoms with Crippen LogP contribution in [-0.2, 0) is 15.8 Å². The maximum Gasteiger partial charge on any atom is 0.310 e. The van der Waals surface area contributed by atoms with Crippen LogP contribution in [0.1, 0.15) is 32.8 Å². The van der Waals surface area contributed by atoms with Crippen molar-refractivity contribution in [1.29, 1.82) is 0 Å². The molecule has 0 bridgehead atoms. The van der Waals surface area contributed by atoms with Crippen molar-refractivity contribution in [2.24, 2.45) is 5.92 Å². The van der Waals surface area contributed by atoms with Gasteiger partial charge < -0.3 is 9.53 Å². The summed E-state index contributed by atoms with van der Waals surface area (Å²) in [6.45, 7) is 13.2. The maximum atomic E-state index is 11.8.